The number of thiol groups is 2. The van der Waals surface area contributed by atoms with Gasteiger partial charge >= 0.3 is 17.8 Å². The van der Waals surface area contributed by atoms with Crippen LogP contribution in [-0.2, 0) is 0 Å². The number of fused-ring (bicyclic) bond motifs is 2. The molecule has 0 nitrogen and oxygen atoms in total. The summed E-state index contributed by atoms with van der Waals surface area (Å²) in [5, 5.41) is 0.444. The lowest BCUT2D eigenvalue weighted by atomic mass is 9.91. The standard InChI is InChI=1S/C35H22F6S4/c1-17-29(25-13-7-21(15-27(25)44-17)19-3-9-23(42)10-4-19)31-32(34(38,39)35(40,41)33(31,36)37)30-18(2)45-28-16-22(8-14-26(28)30)20-5-11-24(43)12-6-20/h3-16,42-43H,1-2H3. The van der Waals surface area contributed by atoms with Crippen molar-refractivity contribution in [1.82, 2.24) is 0 Å². The van der Waals surface area contributed by atoms with Crippen molar-refractivity contribution >= 4 is 79.2 Å². The Morgan fingerprint density at radius 2 is 0.822 bits per heavy atom. The maximum absolute atomic E-state index is 15.9. The van der Waals surface area contributed by atoms with E-state index < -0.39 is 28.9 Å². The van der Waals surface area contributed by atoms with E-state index in [1.165, 1.54) is 13.8 Å². The van der Waals surface area contributed by atoms with Gasteiger partial charge in [0.1, 0.15) is 0 Å². The van der Waals surface area contributed by atoms with E-state index in [1.807, 2.05) is 48.5 Å². The average Bonchev–Trinajstić information content (AvgIpc) is 3.52. The van der Waals surface area contributed by atoms with Gasteiger partial charge in [-0.05, 0) is 72.5 Å². The maximum Gasteiger partial charge on any atom is 0.380 e. The first-order valence-electron chi connectivity index (χ1n) is 13.8. The Bertz CT molecular complexity index is 2020. The number of alkyl halides is 6. The smallest absolute Gasteiger partial charge is 0.194 e. The zero-order valence-electron chi connectivity index (χ0n) is 23.6. The van der Waals surface area contributed by atoms with Crippen molar-refractivity contribution < 1.29 is 26.3 Å². The molecule has 0 radical (unpaired) electrons. The summed E-state index contributed by atoms with van der Waals surface area (Å²) in [6, 6.07) is 24.6. The summed E-state index contributed by atoms with van der Waals surface area (Å²) >= 11 is 10.8. The summed E-state index contributed by atoms with van der Waals surface area (Å²) in [6.45, 7) is 3.01. The normalized spacial score (nSPS) is 17.1. The fourth-order valence-corrected chi connectivity index (χ4v) is 8.63. The summed E-state index contributed by atoms with van der Waals surface area (Å²) in [4.78, 5) is 2.03. The Morgan fingerprint density at radius 3 is 1.18 bits per heavy atom. The molecule has 228 valence electrons. The third kappa shape index (κ3) is 4.51. The number of halogens is 6. The van der Waals surface area contributed by atoms with E-state index in [0.717, 1.165) is 54.7 Å². The number of hydrogen-bond acceptors (Lipinski definition) is 4. The van der Waals surface area contributed by atoms with E-state index in [1.54, 1.807) is 36.4 Å². The molecule has 2 aromatic heterocycles. The van der Waals surface area contributed by atoms with Crippen LogP contribution in [0.15, 0.2) is 94.7 Å². The molecule has 0 amide bonds. The molecule has 2 heterocycles. The van der Waals surface area contributed by atoms with E-state index in [4.69, 9.17) is 0 Å². The average molecular weight is 685 g/mol. The second-order valence-corrected chi connectivity index (χ2v) is 14.6. The molecule has 0 aliphatic heterocycles. The molecule has 0 bridgehead atoms. The maximum atomic E-state index is 15.9. The number of thiophene rings is 2. The van der Waals surface area contributed by atoms with Gasteiger partial charge in [-0.2, -0.15) is 26.3 Å². The van der Waals surface area contributed by atoms with Gasteiger partial charge < -0.3 is 0 Å². The van der Waals surface area contributed by atoms with Gasteiger partial charge in [0.05, 0.1) is 0 Å². The lowest BCUT2D eigenvalue weighted by molar-refractivity contribution is -0.254. The highest BCUT2D eigenvalue weighted by Crippen LogP contribution is 2.67. The highest BCUT2D eigenvalue weighted by Gasteiger charge is 2.80. The summed E-state index contributed by atoms with van der Waals surface area (Å²) in [5.74, 6) is -15.9. The van der Waals surface area contributed by atoms with Crippen molar-refractivity contribution in [2.75, 3.05) is 0 Å². The first-order valence-corrected chi connectivity index (χ1v) is 16.3. The SMILES string of the molecule is Cc1sc2cc(-c3ccc(S)cc3)ccc2c1C1=C(c2c(C)sc3cc(-c4ccc(S)cc4)ccc23)C(F)(F)C(F)(F)C1(F)F. The lowest BCUT2D eigenvalue weighted by Crippen LogP contribution is -2.48. The van der Waals surface area contributed by atoms with Crippen LogP contribution in [0.1, 0.15) is 20.9 Å². The fourth-order valence-electron chi connectivity index (χ4n) is 6.12. The van der Waals surface area contributed by atoms with Gasteiger partial charge in [0.25, 0.3) is 0 Å². The van der Waals surface area contributed by atoms with Crippen LogP contribution in [0.3, 0.4) is 0 Å². The molecule has 0 saturated heterocycles. The molecule has 0 atom stereocenters. The molecule has 45 heavy (non-hydrogen) atoms. The predicted octanol–water partition coefficient (Wildman–Crippen LogP) is 12.5. The van der Waals surface area contributed by atoms with Gasteiger partial charge in [0, 0.05) is 62.0 Å². The highest BCUT2D eigenvalue weighted by atomic mass is 32.1. The van der Waals surface area contributed by atoms with Crippen LogP contribution in [0.5, 0.6) is 0 Å². The minimum Gasteiger partial charge on any atom is -0.194 e. The third-order valence-corrected chi connectivity index (χ3v) is 11.0. The molecule has 0 fully saturated rings. The molecular formula is C35H22F6S4. The van der Waals surface area contributed by atoms with Gasteiger partial charge in [-0.15, -0.1) is 47.9 Å². The van der Waals surface area contributed by atoms with Crippen molar-refractivity contribution in [3.63, 3.8) is 0 Å². The molecule has 10 heteroatoms. The van der Waals surface area contributed by atoms with Crippen molar-refractivity contribution in [2.24, 2.45) is 0 Å². The van der Waals surface area contributed by atoms with E-state index in [0.29, 0.717) is 9.40 Å². The van der Waals surface area contributed by atoms with Crippen molar-refractivity contribution in [1.29, 1.82) is 0 Å². The Hall–Kier alpha value is -3.18. The first-order chi connectivity index (χ1) is 21.2. The van der Waals surface area contributed by atoms with Crippen LogP contribution >= 0.6 is 47.9 Å². The minimum atomic E-state index is -5.64. The van der Waals surface area contributed by atoms with E-state index in [-0.39, 0.29) is 31.7 Å². The molecule has 0 saturated carbocycles. The van der Waals surface area contributed by atoms with Crippen LogP contribution in [0.25, 0.3) is 53.6 Å². The quantitative estimate of drug-likeness (QED) is 0.134. The zero-order chi connectivity index (χ0) is 32.1. The summed E-state index contributed by atoms with van der Waals surface area (Å²) in [7, 11) is 0. The van der Waals surface area contributed by atoms with Gasteiger partial charge in [-0.1, -0.05) is 48.5 Å². The number of allylic oxidation sites excluding steroid dienone is 2. The number of rotatable bonds is 4. The van der Waals surface area contributed by atoms with E-state index in [2.05, 4.69) is 25.3 Å². The topological polar surface area (TPSA) is 0 Å². The van der Waals surface area contributed by atoms with Crippen LogP contribution in [0, 0.1) is 13.8 Å². The first kappa shape index (κ1) is 30.5. The van der Waals surface area contributed by atoms with E-state index >= 15 is 26.3 Å². The number of aryl methyl sites for hydroxylation is 2. The summed E-state index contributed by atoms with van der Waals surface area (Å²) < 4.78 is 95.5. The van der Waals surface area contributed by atoms with Gasteiger partial charge in [-0.25, -0.2) is 0 Å². The Labute approximate surface area is 273 Å². The molecule has 6 aromatic rings. The second-order valence-electron chi connectivity index (χ2n) is 11.1. The zero-order valence-corrected chi connectivity index (χ0v) is 27.0. The van der Waals surface area contributed by atoms with Crippen LogP contribution in [0.4, 0.5) is 26.3 Å². The molecule has 4 aromatic carbocycles. The number of hydrogen-bond donors (Lipinski definition) is 2. The highest BCUT2D eigenvalue weighted by molar-refractivity contribution is 7.80. The molecule has 0 spiro atoms. The van der Waals surface area contributed by atoms with Gasteiger partial charge in [0.2, 0.25) is 0 Å². The third-order valence-electron chi connectivity index (χ3n) is 8.30. The van der Waals surface area contributed by atoms with Crippen molar-refractivity contribution in [2.45, 2.75) is 41.4 Å². The molecule has 0 N–H and O–H groups in total. The Morgan fingerprint density at radius 1 is 0.489 bits per heavy atom. The van der Waals surface area contributed by atoms with E-state index in [9.17, 15) is 0 Å². The number of benzene rings is 4. The van der Waals surface area contributed by atoms with Crippen LogP contribution in [0.2, 0.25) is 0 Å². The second kappa shape index (κ2) is 10.4. The molecule has 0 unspecified atom stereocenters. The minimum absolute atomic E-state index is 0.222. The predicted molar refractivity (Wildman–Crippen MR) is 180 cm³/mol. The summed E-state index contributed by atoms with van der Waals surface area (Å²) in [6.07, 6.45) is 0. The Kier molecular flexibility index (Phi) is 7.06. The van der Waals surface area contributed by atoms with Crippen LogP contribution < -0.4 is 0 Å². The van der Waals surface area contributed by atoms with Gasteiger partial charge in [-0.3, -0.25) is 0 Å². The van der Waals surface area contributed by atoms with Crippen molar-refractivity contribution in [3.8, 4) is 22.3 Å². The molecule has 7 rings (SSSR count). The largest absolute Gasteiger partial charge is 0.380 e. The fraction of sp³-hybridized carbons (Fsp3) is 0.143. The van der Waals surface area contributed by atoms with Crippen molar-refractivity contribution in [3.05, 3.63) is 106 Å². The monoisotopic (exact) mass is 684 g/mol. The molecule has 1 aliphatic rings. The summed E-state index contributed by atoms with van der Waals surface area (Å²) in [5.41, 5.74) is 0.0462. The van der Waals surface area contributed by atoms with Crippen LogP contribution in [-0.4, -0.2) is 17.8 Å². The lowest BCUT2D eigenvalue weighted by Gasteiger charge is -2.26. The molecular weight excluding hydrogens is 663 g/mol. The van der Waals surface area contributed by atoms with Gasteiger partial charge in [0.15, 0.2) is 0 Å². The Balaban J connectivity index is 1.48. The molecule has 1 aliphatic carbocycles.